The minimum Gasteiger partial charge on any atom is -0.494 e. The number of amides is 1. The fourth-order valence-corrected chi connectivity index (χ4v) is 3.91. The summed E-state index contributed by atoms with van der Waals surface area (Å²) >= 11 is 0. The van der Waals surface area contributed by atoms with Crippen molar-refractivity contribution in [3.63, 3.8) is 0 Å². The monoisotopic (exact) mass is 385 g/mol. The van der Waals surface area contributed by atoms with Gasteiger partial charge in [0, 0.05) is 30.6 Å². The van der Waals surface area contributed by atoms with Crippen molar-refractivity contribution >= 4 is 5.91 Å². The number of piperidine rings is 1. The number of benzene rings is 1. The van der Waals surface area contributed by atoms with Gasteiger partial charge >= 0.3 is 0 Å². The molecule has 1 saturated carbocycles. The molecule has 148 valence electrons. The Balaban J connectivity index is 1.51. The molecule has 28 heavy (non-hydrogen) atoms. The van der Waals surface area contributed by atoms with E-state index in [4.69, 9.17) is 4.74 Å². The first-order valence-electron chi connectivity index (χ1n) is 9.79. The summed E-state index contributed by atoms with van der Waals surface area (Å²) in [6.07, 6.45) is 4.54. The van der Waals surface area contributed by atoms with Crippen molar-refractivity contribution in [2.45, 2.75) is 38.1 Å². The summed E-state index contributed by atoms with van der Waals surface area (Å²) in [5.74, 6) is 0.154. The van der Waals surface area contributed by atoms with Crippen LogP contribution in [0.4, 0.5) is 4.39 Å². The summed E-state index contributed by atoms with van der Waals surface area (Å²) < 4.78 is 20.5. The number of hydrogen-bond acceptors (Lipinski definition) is 4. The van der Waals surface area contributed by atoms with Crippen molar-refractivity contribution in [2.75, 3.05) is 20.2 Å². The van der Waals surface area contributed by atoms with Crippen LogP contribution in [-0.4, -0.2) is 40.8 Å². The maximum Gasteiger partial charge on any atom is 0.267 e. The number of aromatic nitrogens is 2. The molecule has 0 bridgehead atoms. The maximum absolute atomic E-state index is 14.0. The second-order valence-electron chi connectivity index (χ2n) is 7.53. The van der Waals surface area contributed by atoms with Gasteiger partial charge < -0.3 is 9.64 Å². The first-order chi connectivity index (χ1) is 13.6. The first-order valence-corrected chi connectivity index (χ1v) is 9.79. The number of carbonyl (C=O) groups is 1. The number of ether oxygens (including phenoxy) is 1. The van der Waals surface area contributed by atoms with Gasteiger partial charge in [0.25, 0.3) is 5.56 Å². The van der Waals surface area contributed by atoms with E-state index < -0.39 is 5.82 Å². The largest absolute Gasteiger partial charge is 0.494 e. The number of likely N-dealkylation sites (tertiary alicyclic amines) is 1. The van der Waals surface area contributed by atoms with E-state index in [1.807, 2.05) is 4.90 Å². The lowest BCUT2D eigenvalue weighted by molar-refractivity contribution is -0.139. The Hall–Kier alpha value is -2.70. The van der Waals surface area contributed by atoms with E-state index in [2.05, 4.69) is 5.10 Å². The van der Waals surface area contributed by atoms with Crippen molar-refractivity contribution in [3.8, 4) is 17.0 Å². The fraction of sp³-hybridized carbons (Fsp3) is 0.476. The third kappa shape index (κ3) is 3.53. The van der Waals surface area contributed by atoms with Gasteiger partial charge in [-0.05, 0) is 49.9 Å². The van der Waals surface area contributed by atoms with Gasteiger partial charge in [-0.1, -0.05) is 6.42 Å². The highest BCUT2D eigenvalue weighted by atomic mass is 19.1. The third-order valence-corrected chi connectivity index (χ3v) is 5.85. The summed E-state index contributed by atoms with van der Waals surface area (Å²) in [5, 5.41) is 4.49. The van der Waals surface area contributed by atoms with Gasteiger partial charge in [0.15, 0.2) is 11.6 Å². The average Bonchev–Trinajstić information content (AvgIpc) is 2.67. The maximum atomic E-state index is 14.0. The van der Waals surface area contributed by atoms with Crippen molar-refractivity contribution < 1.29 is 13.9 Å². The number of carbonyl (C=O) groups excluding carboxylic acids is 1. The van der Waals surface area contributed by atoms with E-state index in [-0.39, 0.29) is 29.2 Å². The Kier molecular flexibility index (Phi) is 5.15. The highest BCUT2D eigenvalue weighted by Crippen LogP contribution is 2.31. The second-order valence-corrected chi connectivity index (χ2v) is 7.53. The lowest BCUT2D eigenvalue weighted by atomic mass is 9.84. The van der Waals surface area contributed by atoms with E-state index >= 15 is 0 Å². The third-order valence-electron chi connectivity index (χ3n) is 5.85. The molecule has 7 heteroatoms. The summed E-state index contributed by atoms with van der Waals surface area (Å²) in [4.78, 5) is 26.7. The van der Waals surface area contributed by atoms with E-state index in [0.29, 0.717) is 37.2 Å². The molecule has 0 atom stereocenters. The lowest BCUT2D eigenvalue weighted by Crippen LogP contribution is -2.45. The van der Waals surface area contributed by atoms with Crippen molar-refractivity contribution in [1.29, 1.82) is 0 Å². The zero-order valence-electron chi connectivity index (χ0n) is 15.9. The Labute approximate surface area is 162 Å². The van der Waals surface area contributed by atoms with Crippen LogP contribution in [0.25, 0.3) is 11.3 Å². The van der Waals surface area contributed by atoms with E-state index in [0.717, 1.165) is 19.3 Å². The smallest absolute Gasteiger partial charge is 0.267 e. The minimum absolute atomic E-state index is 0.0546. The normalized spacial score (nSPS) is 18.0. The molecule has 0 spiro atoms. The van der Waals surface area contributed by atoms with E-state index in [1.54, 1.807) is 18.2 Å². The molecule has 1 saturated heterocycles. The van der Waals surface area contributed by atoms with Crippen LogP contribution in [0.15, 0.2) is 35.1 Å². The summed E-state index contributed by atoms with van der Waals surface area (Å²) in [7, 11) is 1.42. The first kappa shape index (κ1) is 18.7. The van der Waals surface area contributed by atoms with Crippen molar-refractivity contribution in [2.24, 2.45) is 5.92 Å². The predicted molar refractivity (Wildman–Crippen MR) is 103 cm³/mol. The molecule has 0 N–H and O–H groups in total. The number of halogens is 1. The Morgan fingerprint density at radius 1 is 1.14 bits per heavy atom. The van der Waals surface area contributed by atoms with E-state index in [1.165, 1.54) is 23.9 Å². The van der Waals surface area contributed by atoms with Crippen LogP contribution in [0.5, 0.6) is 5.75 Å². The summed E-state index contributed by atoms with van der Waals surface area (Å²) in [6, 6.07) is 7.65. The topological polar surface area (TPSA) is 64.4 Å². The molecule has 1 amide bonds. The van der Waals surface area contributed by atoms with Gasteiger partial charge in [0.1, 0.15) is 0 Å². The predicted octanol–water partition coefficient (Wildman–Crippen LogP) is 3.02. The number of methoxy groups -OCH3 is 1. The van der Waals surface area contributed by atoms with Gasteiger partial charge in [-0.25, -0.2) is 9.07 Å². The van der Waals surface area contributed by atoms with Crippen LogP contribution in [-0.2, 0) is 4.79 Å². The SMILES string of the molecule is COc1ccc(-c2ccc(=O)n(C3CCN(C(=O)C4CCC4)CC3)n2)cc1F. The van der Waals surface area contributed by atoms with Crippen LogP contribution in [0.1, 0.15) is 38.1 Å². The van der Waals surface area contributed by atoms with Crippen LogP contribution in [0.2, 0.25) is 0 Å². The summed E-state index contributed by atoms with van der Waals surface area (Å²) in [5.41, 5.74) is 0.945. The highest BCUT2D eigenvalue weighted by molar-refractivity contribution is 5.79. The van der Waals surface area contributed by atoms with Gasteiger partial charge in [-0.2, -0.15) is 5.10 Å². The van der Waals surface area contributed by atoms with E-state index in [9.17, 15) is 14.0 Å². The van der Waals surface area contributed by atoms with Gasteiger partial charge in [-0.3, -0.25) is 9.59 Å². The lowest BCUT2D eigenvalue weighted by Gasteiger charge is -2.36. The Morgan fingerprint density at radius 2 is 1.89 bits per heavy atom. The standard InChI is InChI=1S/C21H24FN3O3/c1-28-19-7-5-15(13-17(19)22)18-6-8-20(26)25(23-18)16-9-11-24(12-10-16)21(27)14-3-2-4-14/h5-8,13-14,16H,2-4,9-12H2,1H3. The second kappa shape index (κ2) is 7.73. The number of nitrogens with zero attached hydrogens (tertiary/aromatic N) is 3. The Morgan fingerprint density at radius 3 is 2.50 bits per heavy atom. The van der Waals surface area contributed by atoms with Crippen LogP contribution in [0, 0.1) is 11.7 Å². The molecule has 6 nitrogen and oxygen atoms in total. The van der Waals surface area contributed by atoms with Gasteiger partial charge in [-0.15, -0.1) is 0 Å². The van der Waals surface area contributed by atoms with Gasteiger partial charge in [0.2, 0.25) is 5.91 Å². The molecule has 0 radical (unpaired) electrons. The molecule has 2 fully saturated rings. The molecule has 1 aromatic carbocycles. The van der Waals surface area contributed by atoms with Crippen LogP contribution in [0.3, 0.4) is 0 Å². The Bertz CT molecular complexity index is 931. The molecular formula is C21H24FN3O3. The molecule has 1 aromatic heterocycles. The number of rotatable bonds is 4. The minimum atomic E-state index is -0.470. The number of hydrogen-bond donors (Lipinski definition) is 0. The molecule has 2 aromatic rings. The quantitative estimate of drug-likeness (QED) is 0.812. The molecule has 4 rings (SSSR count). The fourth-order valence-electron chi connectivity index (χ4n) is 3.91. The van der Waals surface area contributed by atoms with Crippen molar-refractivity contribution in [3.05, 3.63) is 46.5 Å². The van der Waals surface area contributed by atoms with Gasteiger partial charge in [0.05, 0.1) is 18.8 Å². The van der Waals surface area contributed by atoms with Crippen molar-refractivity contribution in [1.82, 2.24) is 14.7 Å². The average molecular weight is 385 g/mol. The molecule has 2 aliphatic rings. The zero-order valence-corrected chi connectivity index (χ0v) is 15.9. The molecule has 1 aliphatic heterocycles. The molecule has 0 unspecified atom stereocenters. The zero-order chi connectivity index (χ0) is 19.7. The highest BCUT2D eigenvalue weighted by Gasteiger charge is 2.32. The molecule has 2 heterocycles. The van der Waals surface area contributed by atoms with Crippen LogP contribution >= 0.6 is 0 Å². The molecular weight excluding hydrogens is 361 g/mol. The van der Waals surface area contributed by atoms with Crippen LogP contribution < -0.4 is 10.3 Å². The molecule has 1 aliphatic carbocycles. The summed E-state index contributed by atoms with van der Waals surface area (Å²) in [6.45, 7) is 1.30.